The van der Waals surface area contributed by atoms with E-state index in [1.807, 2.05) is 0 Å². The third-order valence-corrected chi connectivity index (χ3v) is 2.50. The van der Waals surface area contributed by atoms with Gasteiger partial charge in [-0.2, -0.15) is 0 Å². The van der Waals surface area contributed by atoms with Crippen molar-refractivity contribution in [3.63, 3.8) is 0 Å². The SMILES string of the molecule is CC(NC(=O)NCC1(C)CC1)C(=O)O. The van der Waals surface area contributed by atoms with Crippen molar-refractivity contribution in [2.45, 2.75) is 32.7 Å². The van der Waals surface area contributed by atoms with Gasteiger partial charge in [-0.25, -0.2) is 4.79 Å². The van der Waals surface area contributed by atoms with Crippen LogP contribution in [0.4, 0.5) is 4.79 Å². The fraction of sp³-hybridized carbons (Fsp3) is 0.778. The van der Waals surface area contributed by atoms with Gasteiger partial charge in [0.15, 0.2) is 0 Å². The normalized spacial score (nSPS) is 19.6. The Morgan fingerprint density at radius 2 is 2.07 bits per heavy atom. The number of hydrogen-bond acceptors (Lipinski definition) is 2. The molecule has 1 atom stereocenters. The third-order valence-electron chi connectivity index (χ3n) is 2.50. The van der Waals surface area contributed by atoms with Crippen molar-refractivity contribution < 1.29 is 14.7 Å². The molecule has 1 aliphatic carbocycles. The molecule has 3 N–H and O–H groups in total. The maximum absolute atomic E-state index is 11.1. The second-order valence-electron chi connectivity index (χ2n) is 4.20. The van der Waals surface area contributed by atoms with Crippen LogP contribution < -0.4 is 10.6 Å². The molecule has 1 aliphatic rings. The summed E-state index contributed by atoms with van der Waals surface area (Å²) in [4.78, 5) is 21.6. The van der Waals surface area contributed by atoms with E-state index >= 15 is 0 Å². The Labute approximate surface area is 82.9 Å². The van der Waals surface area contributed by atoms with Crippen molar-refractivity contribution in [1.82, 2.24) is 10.6 Å². The molecule has 5 heteroatoms. The van der Waals surface area contributed by atoms with Crippen LogP contribution in [0, 0.1) is 5.41 Å². The lowest BCUT2D eigenvalue weighted by atomic mass is 10.1. The van der Waals surface area contributed by atoms with Gasteiger partial charge in [0.1, 0.15) is 6.04 Å². The van der Waals surface area contributed by atoms with Crippen LogP contribution in [0.2, 0.25) is 0 Å². The molecular weight excluding hydrogens is 184 g/mol. The van der Waals surface area contributed by atoms with E-state index in [4.69, 9.17) is 5.11 Å². The van der Waals surface area contributed by atoms with Crippen LogP contribution in [0.3, 0.4) is 0 Å². The second kappa shape index (κ2) is 3.86. The predicted molar refractivity (Wildman–Crippen MR) is 51.0 cm³/mol. The third kappa shape index (κ3) is 3.24. The van der Waals surface area contributed by atoms with Crippen LogP contribution in [0.1, 0.15) is 26.7 Å². The van der Waals surface area contributed by atoms with Gasteiger partial charge in [-0.1, -0.05) is 6.92 Å². The summed E-state index contributed by atoms with van der Waals surface area (Å²) in [5.41, 5.74) is 0.240. The van der Waals surface area contributed by atoms with Crippen LogP contribution in [0.15, 0.2) is 0 Å². The summed E-state index contributed by atoms with van der Waals surface area (Å²) < 4.78 is 0. The molecule has 0 bridgehead atoms. The van der Waals surface area contributed by atoms with Crippen LogP contribution in [0.25, 0.3) is 0 Å². The smallest absolute Gasteiger partial charge is 0.325 e. The van der Waals surface area contributed by atoms with E-state index < -0.39 is 18.0 Å². The molecule has 1 unspecified atom stereocenters. The van der Waals surface area contributed by atoms with Gasteiger partial charge in [-0.05, 0) is 25.2 Å². The number of nitrogens with one attached hydrogen (secondary N) is 2. The average Bonchev–Trinajstić information content (AvgIpc) is 2.81. The Balaban J connectivity index is 2.18. The molecule has 0 aliphatic heterocycles. The second-order valence-corrected chi connectivity index (χ2v) is 4.20. The average molecular weight is 200 g/mol. The molecule has 14 heavy (non-hydrogen) atoms. The minimum atomic E-state index is -1.03. The molecule has 0 saturated heterocycles. The number of carboxylic acid groups (broad SMARTS) is 1. The molecule has 5 nitrogen and oxygen atoms in total. The highest BCUT2D eigenvalue weighted by molar-refractivity contribution is 5.82. The zero-order chi connectivity index (χ0) is 10.8. The molecule has 2 amide bonds. The largest absolute Gasteiger partial charge is 0.480 e. The molecule has 80 valence electrons. The quantitative estimate of drug-likeness (QED) is 0.620. The first-order valence-corrected chi connectivity index (χ1v) is 4.70. The van der Waals surface area contributed by atoms with Gasteiger partial charge in [-0.3, -0.25) is 4.79 Å². The monoisotopic (exact) mass is 200 g/mol. The lowest BCUT2D eigenvalue weighted by Gasteiger charge is -2.13. The lowest BCUT2D eigenvalue weighted by molar-refractivity contribution is -0.138. The van der Waals surface area contributed by atoms with Crippen molar-refractivity contribution in [1.29, 1.82) is 0 Å². The minimum Gasteiger partial charge on any atom is -0.480 e. The van der Waals surface area contributed by atoms with E-state index in [1.54, 1.807) is 0 Å². The van der Waals surface area contributed by atoms with E-state index in [9.17, 15) is 9.59 Å². The molecule has 0 aromatic heterocycles. The van der Waals surface area contributed by atoms with Gasteiger partial charge in [-0.15, -0.1) is 0 Å². The molecule has 0 aromatic rings. The molecule has 1 rings (SSSR count). The van der Waals surface area contributed by atoms with Gasteiger partial charge in [0.05, 0.1) is 0 Å². The summed E-state index contributed by atoms with van der Waals surface area (Å²) in [5, 5.41) is 13.5. The first kappa shape index (κ1) is 10.8. The van der Waals surface area contributed by atoms with Crippen molar-refractivity contribution >= 4 is 12.0 Å². The van der Waals surface area contributed by atoms with Gasteiger partial charge in [0.25, 0.3) is 0 Å². The zero-order valence-corrected chi connectivity index (χ0v) is 8.46. The van der Waals surface area contributed by atoms with Crippen LogP contribution in [-0.4, -0.2) is 29.7 Å². The summed E-state index contributed by atoms with van der Waals surface area (Å²) >= 11 is 0. The predicted octanol–water partition coefficient (Wildman–Crippen LogP) is 0.559. The summed E-state index contributed by atoms with van der Waals surface area (Å²) in [7, 11) is 0. The first-order valence-electron chi connectivity index (χ1n) is 4.70. The van der Waals surface area contributed by atoms with E-state index in [0.29, 0.717) is 6.54 Å². The summed E-state index contributed by atoms with van der Waals surface area (Å²) in [6, 6.07) is -1.25. The number of rotatable bonds is 4. The van der Waals surface area contributed by atoms with Crippen molar-refractivity contribution in [2.75, 3.05) is 6.54 Å². The van der Waals surface area contributed by atoms with E-state index in [1.165, 1.54) is 6.92 Å². The number of hydrogen-bond donors (Lipinski definition) is 3. The molecular formula is C9H16N2O3. The van der Waals surface area contributed by atoms with Crippen molar-refractivity contribution in [3.05, 3.63) is 0 Å². The molecule has 1 saturated carbocycles. The highest BCUT2D eigenvalue weighted by Gasteiger charge is 2.37. The zero-order valence-electron chi connectivity index (χ0n) is 8.46. The van der Waals surface area contributed by atoms with Gasteiger partial charge < -0.3 is 15.7 Å². The van der Waals surface area contributed by atoms with Gasteiger partial charge >= 0.3 is 12.0 Å². The van der Waals surface area contributed by atoms with E-state index in [2.05, 4.69) is 17.6 Å². The van der Waals surface area contributed by atoms with Crippen LogP contribution in [0.5, 0.6) is 0 Å². The number of carbonyl (C=O) groups is 2. The van der Waals surface area contributed by atoms with Gasteiger partial charge in [0, 0.05) is 6.54 Å². The van der Waals surface area contributed by atoms with Crippen molar-refractivity contribution in [2.24, 2.45) is 5.41 Å². The topological polar surface area (TPSA) is 78.4 Å². The molecule has 1 fully saturated rings. The molecule has 0 radical (unpaired) electrons. The standard InChI is InChI=1S/C9H16N2O3/c1-6(7(12)13)11-8(14)10-5-9(2)3-4-9/h6H,3-5H2,1-2H3,(H,12,13)(H2,10,11,14). The number of aliphatic carboxylic acids is 1. The van der Waals surface area contributed by atoms with Crippen LogP contribution in [-0.2, 0) is 4.79 Å². The fourth-order valence-corrected chi connectivity index (χ4v) is 0.993. The van der Waals surface area contributed by atoms with Crippen molar-refractivity contribution in [3.8, 4) is 0 Å². The number of carboxylic acids is 1. The number of amides is 2. The molecule has 0 heterocycles. The summed E-state index contributed by atoms with van der Waals surface area (Å²) in [5.74, 6) is -1.03. The number of carbonyl (C=O) groups excluding carboxylic acids is 1. The maximum Gasteiger partial charge on any atom is 0.325 e. The van der Waals surface area contributed by atoms with E-state index in [0.717, 1.165) is 12.8 Å². The number of urea groups is 1. The first-order chi connectivity index (χ1) is 6.43. The van der Waals surface area contributed by atoms with Gasteiger partial charge in [0.2, 0.25) is 0 Å². The minimum absolute atomic E-state index is 0.240. The molecule has 0 spiro atoms. The lowest BCUT2D eigenvalue weighted by Crippen LogP contribution is -2.45. The summed E-state index contributed by atoms with van der Waals surface area (Å²) in [6.45, 7) is 4.14. The Hall–Kier alpha value is -1.26. The Morgan fingerprint density at radius 1 is 1.50 bits per heavy atom. The van der Waals surface area contributed by atoms with Crippen LogP contribution >= 0.6 is 0 Å². The van der Waals surface area contributed by atoms with E-state index in [-0.39, 0.29) is 5.41 Å². The fourth-order valence-electron chi connectivity index (χ4n) is 0.993. The summed E-state index contributed by atoms with van der Waals surface area (Å²) in [6.07, 6.45) is 2.25. The Morgan fingerprint density at radius 3 is 2.50 bits per heavy atom. The maximum atomic E-state index is 11.1. The Kier molecular flexibility index (Phi) is 2.98. The highest BCUT2D eigenvalue weighted by Crippen LogP contribution is 2.43. The highest BCUT2D eigenvalue weighted by atomic mass is 16.4. The molecule has 0 aromatic carbocycles. The Bertz CT molecular complexity index is 248.